The molecule has 1 aliphatic heterocycles. The standard InChI is InChI=1S/C22H20S.C2H6/c1-14(2)17-9-11-21-22(13-19(17)22)18-12-16(8-10-20(18)23-21)15-6-4-3-5-7-15;1-2/h3-12,14,19H,13H2,1-2H3;1-2H3. The van der Waals surface area contributed by atoms with Crippen molar-refractivity contribution in [2.24, 2.45) is 11.8 Å². The lowest BCUT2D eigenvalue weighted by Gasteiger charge is -2.21. The maximum atomic E-state index is 2.46. The van der Waals surface area contributed by atoms with Crippen molar-refractivity contribution in [3.05, 3.63) is 76.7 Å². The van der Waals surface area contributed by atoms with Gasteiger partial charge < -0.3 is 0 Å². The summed E-state index contributed by atoms with van der Waals surface area (Å²) in [5.74, 6) is 1.39. The minimum Gasteiger partial charge on any atom is -0.0933 e. The maximum absolute atomic E-state index is 2.46. The topological polar surface area (TPSA) is 0 Å². The molecule has 2 atom stereocenters. The molecule has 0 saturated heterocycles. The molecule has 1 spiro atoms. The SMILES string of the molecule is CC.CC(C)C1=CC=C2Sc3ccc(-c4ccccc4)cc3C23CC13. The molecule has 5 rings (SSSR count). The number of thioether (sulfide) groups is 1. The van der Waals surface area contributed by atoms with Gasteiger partial charge in [0.05, 0.1) is 0 Å². The Kier molecular flexibility index (Phi) is 4.16. The summed E-state index contributed by atoms with van der Waals surface area (Å²) in [6.45, 7) is 8.67. The Morgan fingerprint density at radius 1 is 0.960 bits per heavy atom. The Labute approximate surface area is 156 Å². The van der Waals surface area contributed by atoms with E-state index in [9.17, 15) is 0 Å². The zero-order chi connectivity index (χ0) is 17.6. The molecule has 2 unspecified atom stereocenters. The molecule has 0 amide bonds. The molecule has 3 aliphatic rings. The predicted octanol–water partition coefficient (Wildman–Crippen LogP) is 7.22. The zero-order valence-electron chi connectivity index (χ0n) is 15.5. The van der Waals surface area contributed by atoms with E-state index in [2.05, 4.69) is 74.5 Å². The first-order valence-corrected chi connectivity index (χ1v) is 10.3. The van der Waals surface area contributed by atoms with Gasteiger partial charge in [-0.05, 0) is 47.1 Å². The van der Waals surface area contributed by atoms with E-state index in [4.69, 9.17) is 0 Å². The van der Waals surface area contributed by atoms with Crippen molar-refractivity contribution in [2.75, 3.05) is 0 Å². The van der Waals surface area contributed by atoms with Gasteiger partial charge >= 0.3 is 0 Å². The minimum atomic E-state index is 0.319. The van der Waals surface area contributed by atoms with Gasteiger partial charge in [0.25, 0.3) is 0 Å². The summed E-state index contributed by atoms with van der Waals surface area (Å²) >= 11 is 1.99. The predicted molar refractivity (Wildman–Crippen MR) is 110 cm³/mol. The van der Waals surface area contributed by atoms with Crippen LogP contribution in [0.4, 0.5) is 0 Å². The molecular weight excluding hydrogens is 320 g/mol. The summed E-state index contributed by atoms with van der Waals surface area (Å²) in [6, 6.07) is 17.8. The van der Waals surface area contributed by atoms with Crippen LogP contribution in [-0.2, 0) is 5.41 Å². The Bertz CT molecular complexity index is 857. The molecule has 128 valence electrons. The molecule has 25 heavy (non-hydrogen) atoms. The number of rotatable bonds is 2. The second-order valence-corrected chi connectivity index (χ2v) is 8.34. The first-order valence-electron chi connectivity index (χ1n) is 9.50. The van der Waals surface area contributed by atoms with Gasteiger partial charge in [-0.3, -0.25) is 0 Å². The minimum absolute atomic E-state index is 0.319. The summed E-state index contributed by atoms with van der Waals surface area (Å²) in [4.78, 5) is 3.05. The number of fused-ring (bicyclic) bond motifs is 1. The molecule has 2 aliphatic carbocycles. The summed E-state index contributed by atoms with van der Waals surface area (Å²) in [6.07, 6.45) is 6.10. The fourth-order valence-electron chi connectivity index (χ4n) is 4.42. The molecule has 0 radical (unpaired) electrons. The fraction of sp³-hybridized carbons (Fsp3) is 0.333. The van der Waals surface area contributed by atoms with Gasteiger partial charge in [-0.2, -0.15) is 0 Å². The largest absolute Gasteiger partial charge is 0.0933 e. The van der Waals surface area contributed by atoms with Crippen molar-refractivity contribution in [3.63, 3.8) is 0 Å². The maximum Gasteiger partial charge on any atom is 0.0349 e. The summed E-state index contributed by atoms with van der Waals surface area (Å²) < 4.78 is 0. The second kappa shape index (κ2) is 6.21. The normalized spacial score (nSPS) is 25.1. The first kappa shape index (κ1) is 16.7. The highest BCUT2D eigenvalue weighted by Gasteiger charge is 2.63. The molecular formula is C24H26S. The van der Waals surface area contributed by atoms with Crippen molar-refractivity contribution in [2.45, 2.75) is 44.4 Å². The number of hydrogen-bond donors (Lipinski definition) is 0. The van der Waals surface area contributed by atoms with Crippen LogP contribution in [0, 0.1) is 11.8 Å². The van der Waals surface area contributed by atoms with E-state index in [1.165, 1.54) is 22.4 Å². The van der Waals surface area contributed by atoms with E-state index in [1.54, 1.807) is 16.0 Å². The van der Waals surface area contributed by atoms with Crippen LogP contribution >= 0.6 is 11.8 Å². The average molecular weight is 347 g/mol. The first-order chi connectivity index (χ1) is 12.2. The smallest absolute Gasteiger partial charge is 0.0349 e. The van der Waals surface area contributed by atoms with Crippen molar-refractivity contribution in [3.8, 4) is 11.1 Å². The lowest BCUT2D eigenvalue weighted by molar-refractivity contribution is 0.654. The van der Waals surface area contributed by atoms with E-state index < -0.39 is 0 Å². The number of benzene rings is 2. The highest BCUT2D eigenvalue weighted by atomic mass is 32.2. The Morgan fingerprint density at radius 3 is 2.44 bits per heavy atom. The van der Waals surface area contributed by atoms with E-state index in [0.717, 1.165) is 5.92 Å². The third-order valence-electron chi connectivity index (χ3n) is 5.68. The monoisotopic (exact) mass is 346 g/mol. The van der Waals surface area contributed by atoms with Gasteiger partial charge in [0.1, 0.15) is 0 Å². The quantitative estimate of drug-likeness (QED) is 0.553. The van der Waals surface area contributed by atoms with Crippen LogP contribution < -0.4 is 0 Å². The fourth-order valence-corrected chi connectivity index (χ4v) is 5.80. The van der Waals surface area contributed by atoms with Crippen molar-refractivity contribution in [1.82, 2.24) is 0 Å². The molecule has 1 saturated carbocycles. The average Bonchev–Trinajstić information content (AvgIpc) is 3.33. The molecule has 2 aromatic rings. The summed E-state index contributed by atoms with van der Waals surface area (Å²) in [7, 11) is 0. The number of hydrogen-bond acceptors (Lipinski definition) is 1. The molecule has 0 N–H and O–H groups in total. The van der Waals surface area contributed by atoms with Crippen molar-refractivity contribution < 1.29 is 0 Å². The van der Waals surface area contributed by atoms with Gasteiger partial charge in [0.15, 0.2) is 0 Å². The molecule has 1 fully saturated rings. The molecule has 1 heterocycles. The van der Waals surface area contributed by atoms with Crippen LogP contribution in [0.3, 0.4) is 0 Å². The summed E-state index contributed by atoms with van der Waals surface area (Å²) in [5.41, 5.74) is 6.21. The lowest BCUT2D eigenvalue weighted by atomic mass is 9.83. The van der Waals surface area contributed by atoms with Crippen LogP contribution in [0.5, 0.6) is 0 Å². The van der Waals surface area contributed by atoms with Crippen LogP contribution in [-0.4, -0.2) is 0 Å². The van der Waals surface area contributed by atoms with Gasteiger partial charge in [-0.25, -0.2) is 0 Å². The van der Waals surface area contributed by atoms with Crippen molar-refractivity contribution in [1.29, 1.82) is 0 Å². The highest BCUT2D eigenvalue weighted by molar-refractivity contribution is 8.03. The zero-order valence-corrected chi connectivity index (χ0v) is 16.4. The Morgan fingerprint density at radius 2 is 1.72 bits per heavy atom. The third kappa shape index (κ3) is 2.44. The summed E-state index contributed by atoms with van der Waals surface area (Å²) in [5, 5.41) is 0. The van der Waals surface area contributed by atoms with Crippen LogP contribution in [0.15, 0.2) is 76.1 Å². The molecule has 0 bridgehead atoms. The molecule has 0 aromatic heterocycles. The van der Waals surface area contributed by atoms with Crippen LogP contribution in [0.2, 0.25) is 0 Å². The van der Waals surface area contributed by atoms with E-state index in [0.29, 0.717) is 11.3 Å². The molecule has 1 heteroatoms. The van der Waals surface area contributed by atoms with Gasteiger partial charge in [-0.1, -0.05) is 93.6 Å². The van der Waals surface area contributed by atoms with Gasteiger partial charge in [0, 0.05) is 15.2 Å². The Balaban J connectivity index is 0.000000758. The lowest BCUT2D eigenvalue weighted by Crippen LogP contribution is -2.14. The van der Waals surface area contributed by atoms with Gasteiger partial charge in [-0.15, -0.1) is 0 Å². The van der Waals surface area contributed by atoms with Crippen molar-refractivity contribution >= 4 is 11.8 Å². The van der Waals surface area contributed by atoms with E-state index in [-0.39, 0.29) is 0 Å². The van der Waals surface area contributed by atoms with Crippen LogP contribution in [0.25, 0.3) is 11.1 Å². The third-order valence-corrected chi connectivity index (χ3v) is 6.98. The van der Waals surface area contributed by atoms with E-state index in [1.807, 2.05) is 25.6 Å². The van der Waals surface area contributed by atoms with Crippen LogP contribution in [0.1, 0.15) is 39.7 Å². The van der Waals surface area contributed by atoms with Gasteiger partial charge in [0.2, 0.25) is 0 Å². The van der Waals surface area contributed by atoms with E-state index >= 15 is 0 Å². The highest BCUT2D eigenvalue weighted by Crippen LogP contribution is 2.73. The molecule has 2 aromatic carbocycles. The molecule has 0 nitrogen and oxygen atoms in total. The second-order valence-electron chi connectivity index (χ2n) is 7.26. The Hall–Kier alpha value is -1.73. The number of allylic oxidation sites excluding steroid dienone is 4.